The van der Waals surface area contributed by atoms with E-state index in [4.69, 9.17) is 5.73 Å². The lowest BCUT2D eigenvalue weighted by Gasteiger charge is -2.05. The van der Waals surface area contributed by atoms with E-state index in [0.717, 1.165) is 22.9 Å². The summed E-state index contributed by atoms with van der Waals surface area (Å²) >= 11 is 3.50. The molecule has 74 valence electrons. The first kappa shape index (κ1) is 9.87. The molecule has 2 N–H and O–H groups in total. The van der Waals surface area contributed by atoms with Crippen LogP contribution in [0, 0.1) is 0 Å². The third-order valence-corrected chi connectivity index (χ3v) is 3.38. The van der Waals surface area contributed by atoms with Gasteiger partial charge in [-0.15, -0.1) is 0 Å². The van der Waals surface area contributed by atoms with Gasteiger partial charge in [0, 0.05) is 10.0 Å². The van der Waals surface area contributed by atoms with Crippen LogP contribution in [0.3, 0.4) is 0 Å². The summed E-state index contributed by atoms with van der Waals surface area (Å²) in [7, 11) is 0. The molecule has 0 radical (unpaired) electrons. The predicted molar refractivity (Wildman–Crippen MR) is 59.6 cm³/mol. The molecule has 0 heterocycles. The van der Waals surface area contributed by atoms with Crippen molar-refractivity contribution >= 4 is 21.7 Å². The predicted octanol–water partition coefficient (Wildman–Crippen LogP) is 2.08. The number of ketones is 1. The number of hydrogen-bond donors (Lipinski definition) is 1. The van der Waals surface area contributed by atoms with E-state index in [1.54, 1.807) is 0 Å². The lowest BCUT2D eigenvalue weighted by molar-refractivity contribution is 0.100. The fourth-order valence-electron chi connectivity index (χ4n) is 1.93. The van der Waals surface area contributed by atoms with Crippen LogP contribution in [0.25, 0.3) is 0 Å². The van der Waals surface area contributed by atoms with Gasteiger partial charge in [0.1, 0.15) is 0 Å². The number of aryl methyl sites for hydroxylation is 1. The molecule has 0 unspecified atom stereocenters. The summed E-state index contributed by atoms with van der Waals surface area (Å²) < 4.78 is 1.06. The summed E-state index contributed by atoms with van der Waals surface area (Å²) in [5.41, 5.74) is 8.73. The quantitative estimate of drug-likeness (QED) is 0.821. The van der Waals surface area contributed by atoms with Crippen molar-refractivity contribution in [3.63, 3.8) is 0 Å². The molecule has 1 aromatic carbocycles. The molecule has 1 aliphatic rings. The van der Waals surface area contributed by atoms with Crippen molar-refractivity contribution in [1.29, 1.82) is 0 Å². The Balaban J connectivity index is 2.46. The number of rotatable bonds is 2. The molecule has 0 aromatic heterocycles. The van der Waals surface area contributed by atoms with Crippen LogP contribution in [0.1, 0.15) is 27.9 Å². The second-order valence-electron chi connectivity index (χ2n) is 3.58. The minimum Gasteiger partial charge on any atom is -0.324 e. The lowest BCUT2D eigenvalue weighted by Crippen LogP contribution is -2.13. The average molecular weight is 254 g/mol. The highest BCUT2D eigenvalue weighted by atomic mass is 79.9. The topological polar surface area (TPSA) is 43.1 Å². The molecule has 1 aliphatic carbocycles. The van der Waals surface area contributed by atoms with Gasteiger partial charge in [-0.1, -0.05) is 15.9 Å². The largest absolute Gasteiger partial charge is 0.324 e. The normalized spacial score (nSPS) is 14.1. The standard InChI is InChI=1S/C11H12BrNO/c12-10-5-8(11(14)6-13)4-7-2-1-3-9(7)10/h4-5H,1-3,6,13H2. The number of fused-ring (bicyclic) bond motifs is 1. The molecule has 0 atom stereocenters. The van der Waals surface area contributed by atoms with Crippen molar-refractivity contribution in [1.82, 2.24) is 0 Å². The first-order valence-electron chi connectivity index (χ1n) is 4.77. The highest BCUT2D eigenvalue weighted by Crippen LogP contribution is 2.30. The Hall–Kier alpha value is -0.670. The van der Waals surface area contributed by atoms with E-state index in [2.05, 4.69) is 15.9 Å². The average Bonchev–Trinajstić information content (AvgIpc) is 2.64. The summed E-state index contributed by atoms with van der Waals surface area (Å²) in [6, 6.07) is 3.88. The number of benzene rings is 1. The second kappa shape index (κ2) is 3.83. The van der Waals surface area contributed by atoms with Crippen LogP contribution in [-0.2, 0) is 12.8 Å². The number of halogens is 1. The second-order valence-corrected chi connectivity index (χ2v) is 4.43. The zero-order valence-electron chi connectivity index (χ0n) is 7.85. The number of nitrogens with two attached hydrogens (primary N) is 1. The molecule has 14 heavy (non-hydrogen) atoms. The van der Waals surface area contributed by atoms with E-state index in [1.165, 1.54) is 17.5 Å². The van der Waals surface area contributed by atoms with Crippen molar-refractivity contribution in [3.05, 3.63) is 33.3 Å². The summed E-state index contributed by atoms with van der Waals surface area (Å²) in [6.07, 6.45) is 3.39. The van der Waals surface area contributed by atoms with Crippen molar-refractivity contribution in [2.45, 2.75) is 19.3 Å². The summed E-state index contributed by atoms with van der Waals surface area (Å²) in [5, 5.41) is 0. The smallest absolute Gasteiger partial charge is 0.176 e. The molecule has 0 bridgehead atoms. The van der Waals surface area contributed by atoms with E-state index in [9.17, 15) is 4.79 Å². The van der Waals surface area contributed by atoms with Crippen LogP contribution >= 0.6 is 15.9 Å². The van der Waals surface area contributed by atoms with Gasteiger partial charge in [0.05, 0.1) is 6.54 Å². The van der Waals surface area contributed by atoms with Gasteiger partial charge in [-0.2, -0.15) is 0 Å². The van der Waals surface area contributed by atoms with E-state index in [0.29, 0.717) is 0 Å². The zero-order valence-corrected chi connectivity index (χ0v) is 9.43. The maximum Gasteiger partial charge on any atom is 0.176 e. The minimum atomic E-state index is 0.0143. The van der Waals surface area contributed by atoms with Crippen LogP contribution in [0.4, 0.5) is 0 Å². The summed E-state index contributed by atoms with van der Waals surface area (Å²) in [5.74, 6) is 0.0143. The van der Waals surface area contributed by atoms with Crippen molar-refractivity contribution in [3.8, 4) is 0 Å². The van der Waals surface area contributed by atoms with E-state index < -0.39 is 0 Å². The zero-order chi connectivity index (χ0) is 10.1. The Morgan fingerprint density at radius 2 is 2.21 bits per heavy atom. The van der Waals surface area contributed by atoms with Gasteiger partial charge >= 0.3 is 0 Å². The molecule has 1 aromatic rings. The van der Waals surface area contributed by atoms with E-state index in [-0.39, 0.29) is 12.3 Å². The molecule has 2 rings (SSSR count). The highest BCUT2D eigenvalue weighted by molar-refractivity contribution is 9.10. The number of Topliss-reactive ketones (excluding diaryl/α,β-unsaturated/α-hetero) is 1. The van der Waals surface area contributed by atoms with Crippen LogP contribution in [0.5, 0.6) is 0 Å². The van der Waals surface area contributed by atoms with Crippen LogP contribution in [0.15, 0.2) is 16.6 Å². The third-order valence-electron chi connectivity index (χ3n) is 2.67. The van der Waals surface area contributed by atoms with Crippen LogP contribution in [-0.4, -0.2) is 12.3 Å². The molecule has 0 saturated heterocycles. The number of carbonyl (C=O) groups excluding carboxylic acids is 1. The monoisotopic (exact) mass is 253 g/mol. The van der Waals surface area contributed by atoms with Gasteiger partial charge in [0.2, 0.25) is 0 Å². The molecule has 0 amide bonds. The van der Waals surface area contributed by atoms with Gasteiger partial charge in [0.25, 0.3) is 0 Å². The first-order valence-corrected chi connectivity index (χ1v) is 5.56. The summed E-state index contributed by atoms with van der Waals surface area (Å²) in [6.45, 7) is 0.0885. The Kier molecular flexibility index (Phi) is 2.70. The molecule has 0 aliphatic heterocycles. The minimum absolute atomic E-state index is 0.0143. The Morgan fingerprint density at radius 1 is 1.43 bits per heavy atom. The van der Waals surface area contributed by atoms with E-state index in [1.807, 2.05) is 12.1 Å². The number of carbonyl (C=O) groups is 1. The summed E-state index contributed by atoms with van der Waals surface area (Å²) in [4.78, 5) is 11.4. The van der Waals surface area contributed by atoms with Gasteiger partial charge in [-0.25, -0.2) is 0 Å². The Bertz CT molecular complexity index is 387. The molecule has 0 fully saturated rings. The van der Waals surface area contributed by atoms with Crippen molar-refractivity contribution in [2.75, 3.05) is 6.54 Å². The maximum absolute atomic E-state index is 11.4. The molecular weight excluding hydrogens is 242 g/mol. The Labute approximate surface area is 91.6 Å². The third kappa shape index (κ3) is 1.62. The van der Waals surface area contributed by atoms with Gasteiger partial charge in [-0.3, -0.25) is 4.79 Å². The molecule has 0 saturated carbocycles. The van der Waals surface area contributed by atoms with Gasteiger partial charge in [0.15, 0.2) is 5.78 Å². The fraction of sp³-hybridized carbons (Fsp3) is 0.364. The molecule has 3 heteroatoms. The van der Waals surface area contributed by atoms with E-state index >= 15 is 0 Å². The SMILES string of the molecule is NCC(=O)c1cc(Br)c2c(c1)CCC2. The fourth-order valence-corrected chi connectivity index (χ4v) is 2.63. The van der Waals surface area contributed by atoms with Gasteiger partial charge in [-0.05, 0) is 42.5 Å². The number of hydrogen-bond acceptors (Lipinski definition) is 2. The highest BCUT2D eigenvalue weighted by Gasteiger charge is 2.16. The van der Waals surface area contributed by atoms with Gasteiger partial charge < -0.3 is 5.73 Å². The maximum atomic E-state index is 11.4. The van der Waals surface area contributed by atoms with Crippen LogP contribution in [0.2, 0.25) is 0 Å². The van der Waals surface area contributed by atoms with Crippen molar-refractivity contribution < 1.29 is 4.79 Å². The molecule has 0 spiro atoms. The molecule has 2 nitrogen and oxygen atoms in total. The Morgan fingerprint density at radius 3 is 2.93 bits per heavy atom. The van der Waals surface area contributed by atoms with Crippen LogP contribution < -0.4 is 5.73 Å². The lowest BCUT2D eigenvalue weighted by atomic mass is 10.0. The first-order chi connectivity index (χ1) is 6.72. The van der Waals surface area contributed by atoms with Crippen molar-refractivity contribution in [2.24, 2.45) is 5.73 Å². The molecular formula is C11H12BrNO.